The van der Waals surface area contributed by atoms with Gasteiger partial charge in [-0.25, -0.2) is 0 Å². The van der Waals surface area contributed by atoms with Crippen LogP contribution in [0, 0.1) is 0 Å². The van der Waals surface area contributed by atoms with E-state index in [1.807, 2.05) is 0 Å². The predicted molar refractivity (Wildman–Crippen MR) is 108 cm³/mol. The molecular weight excluding hydrogens is 364 g/mol. The summed E-state index contributed by atoms with van der Waals surface area (Å²) < 4.78 is 16.1. The highest BCUT2D eigenvalue weighted by Gasteiger charge is 2.01. The van der Waals surface area contributed by atoms with Gasteiger partial charge in [-0.2, -0.15) is 0 Å². The highest BCUT2D eigenvalue weighted by Crippen LogP contribution is 2.08. The summed E-state index contributed by atoms with van der Waals surface area (Å²) in [6.45, 7) is 4.79. The van der Waals surface area contributed by atoms with Crippen molar-refractivity contribution in [3.8, 4) is 0 Å². The molecule has 0 aliphatic heterocycles. The molecule has 0 aromatic heterocycles. The molecule has 0 bridgehead atoms. The van der Waals surface area contributed by atoms with Gasteiger partial charge < -0.3 is 30.4 Å². The van der Waals surface area contributed by atoms with Crippen molar-refractivity contribution in [2.75, 3.05) is 52.7 Å². The summed E-state index contributed by atoms with van der Waals surface area (Å²) in [4.78, 5) is 22.1. The van der Waals surface area contributed by atoms with Gasteiger partial charge in [0.25, 0.3) is 0 Å². The van der Waals surface area contributed by atoms with Gasteiger partial charge in [0.2, 0.25) is 5.91 Å². The topological polar surface area (TPSA) is 120 Å². The van der Waals surface area contributed by atoms with Gasteiger partial charge in [-0.1, -0.05) is 25.7 Å². The minimum atomic E-state index is -0.727. The Morgan fingerprint density at radius 2 is 1.18 bits per heavy atom. The Labute approximate surface area is 169 Å². The van der Waals surface area contributed by atoms with Crippen molar-refractivity contribution >= 4 is 11.9 Å². The first-order chi connectivity index (χ1) is 13.7. The average Bonchev–Trinajstić information content (AvgIpc) is 2.67. The fourth-order valence-electron chi connectivity index (χ4n) is 2.49. The maximum absolute atomic E-state index is 11.7. The van der Waals surface area contributed by atoms with E-state index in [0.717, 1.165) is 51.4 Å². The summed E-state index contributed by atoms with van der Waals surface area (Å²) in [5, 5.41) is 11.4. The van der Waals surface area contributed by atoms with Crippen molar-refractivity contribution in [1.82, 2.24) is 5.32 Å². The maximum atomic E-state index is 11.7. The van der Waals surface area contributed by atoms with E-state index >= 15 is 0 Å². The zero-order chi connectivity index (χ0) is 20.7. The quantitative estimate of drug-likeness (QED) is 0.236. The first-order valence-electron chi connectivity index (χ1n) is 10.6. The fourth-order valence-corrected chi connectivity index (χ4v) is 2.49. The second kappa shape index (κ2) is 22.1. The highest BCUT2D eigenvalue weighted by molar-refractivity contribution is 5.75. The van der Waals surface area contributed by atoms with Crippen molar-refractivity contribution in [2.45, 2.75) is 64.2 Å². The molecule has 166 valence electrons. The molecule has 0 aromatic carbocycles. The molecule has 0 heterocycles. The largest absolute Gasteiger partial charge is 0.481 e. The van der Waals surface area contributed by atoms with Crippen molar-refractivity contribution < 1.29 is 28.9 Å². The molecule has 0 rings (SSSR count). The molecule has 0 spiro atoms. The van der Waals surface area contributed by atoms with E-state index in [-0.39, 0.29) is 12.3 Å². The number of nitrogens with two attached hydrogens (primary N) is 1. The lowest BCUT2D eigenvalue weighted by atomic mass is 10.1. The van der Waals surface area contributed by atoms with Gasteiger partial charge in [0.05, 0.1) is 26.4 Å². The standard InChI is InChI=1S/C20H40N2O6/c21-11-7-13-26-15-17-28-18-16-27-14-8-12-22-19(23)9-5-3-1-2-4-6-10-20(24)25/h1-18,21H2,(H,22,23)(H,24,25). The minimum Gasteiger partial charge on any atom is -0.481 e. The zero-order valence-corrected chi connectivity index (χ0v) is 17.3. The summed E-state index contributed by atoms with van der Waals surface area (Å²) in [7, 11) is 0. The summed E-state index contributed by atoms with van der Waals surface area (Å²) in [5.41, 5.74) is 5.36. The molecule has 0 saturated carbocycles. The Morgan fingerprint density at radius 1 is 0.679 bits per heavy atom. The molecule has 1 amide bonds. The van der Waals surface area contributed by atoms with Crippen molar-refractivity contribution in [2.24, 2.45) is 5.73 Å². The number of carbonyl (C=O) groups excluding carboxylic acids is 1. The molecule has 0 fully saturated rings. The lowest BCUT2D eigenvalue weighted by Gasteiger charge is -2.07. The minimum absolute atomic E-state index is 0.0869. The molecule has 0 radical (unpaired) electrons. The van der Waals surface area contributed by atoms with Crippen molar-refractivity contribution in [3.63, 3.8) is 0 Å². The van der Waals surface area contributed by atoms with E-state index in [1.165, 1.54) is 0 Å². The van der Waals surface area contributed by atoms with Crippen LogP contribution in [0.1, 0.15) is 64.2 Å². The van der Waals surface area contributed by atoms with Crippen molar-refractivity contribution in [3.05, 3.63) is 0 Å². The van der Waals surface area contributed by atoms with Crippen LogP contribution in [0.2, 0.25) is 0 Å². The molecule has 0 aliphatic rings. The van der Waals surface area contributed by atoms with E-state index < -0.39 is 5.97 Å². The van der Waals surface area contributed by atoms with E-state index in [0.29, 0.717) is 59.2 Å². The lowest BCUT2D eigenvalue weighted by Crippen LogP contribution is -2.25. The monoisotopic (exact) mass is 404 g/mol. The van der Waals surface area contributed by atoms with Gasteiger partial charge >= 0.3 is 5.97 Å². The van der Waals surface area contributed by atoms with Crippen LogP contribution >= 0.6 is 0 Å². The molecule has 28 heavy (non-hydrogen) atoms. The van der Waals surface area contributed by atoms with Gasteiger partial charge in [0, 0.05) is 32.6 Å². The first kappa shape index (κ1) is 26.8. The van der Waals surface area contributed by atoms with Crippen LogP contribution in [0.15, 0.2) is 0 Å². The number of carboxylic acids is 1. The first-order valence-corrected chi connectivity index (χ1v) is 10.6. The van der Waals surface area contributed by atoms with Crippen LogP contribution in [-0.4, -0.2) is 69.7 Å². The molecular formula is C20H40N2O6. The molecule has 0 aliphatic carbocycles. The normalized spacial score (nSPS) is 10.9. The van der Waals surface area contributed by atoms with Crippen LogP contribution in [0.5, 0.6) is 0 Å². The third-order valence-corrected chi connectivity index (χ3v) is 4.07. The molecule has 0 unspecified atom stereocenters. The third-order valence-electron chi connectivity index (χ3n) is 4.07. The smallest absolute Gasteiger partial charge is 0.303 e. The number of rotatable bonds is 22. The van der Waals surface area contributed by atoms with Gasteiger partial charge in [-0.05, 0) is 32.2 Å². The third kappa shape index (κ3) is 22.8. The molecule has 0 atom stereocenters. The molecule has 0 aromatic rings. The number of carboxylic acid groups (broad SMARTS) is 1. The summed E-state index contributed by atoms with van der Waals surface area (Å²) in [6.07, 6.45) is 8.16. The van der Waals surface area contributed by atoms with E-state index in [1.54, 1.807) is 0 Å². The van der Waals surface area contributed by atoms with Crippen LogP contribution in [-0.2, 0) is 23.8 Å². The summed E-state index contributed by atoms with van der Waals surface area (Å²) in [5.74, 6) is -0.640. The number of hydrogen-bond acceptors (Lipinski definition) is 6. The second-order valence-corrected chi connectivity index (χ2v) is 6.70. The number of carbonyl (C=O) groups is 2. The van der Waals surface area contributed by atoms with Gasteiger partial charge in [-0.3, -0.25) is 9.59 Å². The summed E-state index contributed by atoms with van der Waals surface area (Å²) >= 11 is 0. The molecule has 4 N–H and O–H groups in total. The number of aliphatic carboxylic acids is 1. The summed E-state index contributed by atoms with van der Waals surface area (Å²) in [6, 6.07) is 0. The van der Waals surface area contributed by atoms with Crippen LogP contribution < -0.4 is 11.1 Å². The van der Waals surface area contributed by atoms with Crippen LogP contribution in [0.4, 0.5) is 0 Å². The molecule has 8 heteroatoms. The second-order valence-electron chi connectivity index (χ2n) is 6.70. The van der Waals surface area contributed by atoms with E-state index in [4.69, 9.17) is 25.1 Å². The number of hydrogen-bond donors (Lipinski definition) is 3. The van der Waals surface area contributed by atoms with Gasteiger partial charge in [0.15, 0.2) is 0 Å². The molecule has 0 saturated heterocycles. The van der Waals surface area contributed by atoms with Crippen molar-refractivity contribution in [1.29, 1.82) is 0 Å². The van der Waals surface area contributed by atoms with Gasteiger partial charge in [0.1, 0.15) is 0 Å². The average molecular weight is 405 g/mol. The van der Waals surface area contributed by atoms with E-state index in [2.05, 4.69) is 5.32 Å². The number of nitrogens with one attached hydrogen (secondary N) is 1. The lowest BCUT2D eigenvalue weighted by molar-refractivity contribution is -0.137. The number of ether oxygens (including phenoxy) is 3. The predicted octanol–water partition coefficient (Wildman–Crippen LogP) is 2.10. The Morgan fingerprint density at radius 3 is 1.75 bits per heavy atom. The van der Waals surface area contributed by atoms with E-state index in [9.17, 15) is 9.59 Å². The van der Waals surface area contributed by atoms with Gasteiger partial charge in [-0.15, -0.1) is 0 Å². The Kier molecular flexibility index (Phi) is 21.1. The Bertz CT molecular complexity index is 369. The Balaban J connectivity index is 3.16. The highest BCUT2D eigenvalue weighted by atomic mass is 16.5. The molecule has 8 nitrogen and oxygen atoms in total. The fraction of sp³-hybridized carbons (Fsp3) is 0.900. The zero-order valence-electron chi connectivity index (χ0n) is 17.3. The SMILES string of the molecule is NCCCOCCOCCOCCCNC(=O)CCCCCCCCC(=O)O. The Hall–Kier alpha value is -1.22. The van der Waals surface area contributed by atoms with Crippen LogP contribution in [0.3, 0.4) is 0 Å². The van der Waals surface area contributed by atoms with Crippen LogP contribution in [0.25, 0.3) is 0 Å². The number of unbranched alkanes of at least 4 members (excludes halogenated alkanes) is 5. The maximum Gasteiger partial charge on any atom is 0.303 e. The number of amides is 1.